The molecule has 0 radical (unpaired) electrons. The average molecular weight is 389 g/mol. The van der Waals surface area contributed by atoms with Gasteiger partial charge in [0.15, 0.2) is 0 Å². The van der Waals surface area contributed by atoms with Gasteiger partial charge in [0.25, 0.3) is 0 Å². The molecule has 0 aliphatic rings. The average Bonchev–Trinajstić information content (AvgIpc) is 2.59. The highest BCUT2D eigenvalue weighted by atomic mass is 32.2. The fourth-order valence-corrected chi connectivity index (χ4v) is 3.68. The van der Waals surface area contributed by atoms with Crippen LogP contribution >= 0.6 is 11.8 Å². The van der Waals surface area contributed by atoms with E-state index in [0.717, 1.165) is 27.3 Å². The summed E-state index contributed by atoms with van der Waals surface area (Å²) in [6.45, 7) is 5.93. The monoisotopic (exact) mass is 388 g/mol. The molecule has 0 aliphatic heterocycles. The number of carbonyl (C=O) groups is 2. The van der Waals surface area contributed by atoms with Gasteiger partial charge >= 0.3 is 0 Å². The maximum Gasteiger partial charge on any atom is 0.243 e. The molecule has 0 unspecified atom stereocenters. The number of aryl methyl sites for hydroxylation is 3. The molecule has 0 spiro atoms. The maximum atomic E-state index is 12.9. The van der Waals surface area contributed by atoms with E-state index in [1.165, 1.54) is 28.8 Å². The Labute approximate surface area is 164 Å². The van der Waals surface area contributed by atoms with Crippen molar-refractivity contribution >= 4 is 29.3 Å². The van der Waals surface area contributed by atoms with Crippen LogP contribution in [0.5, 0.6) is 0 Å². The van der Waals surface area contributed by atoms with Gasteiger partial charge in [0.05, 0.1) is 6.54 Å². The summed E-state index contributed by atoms with van der Waals surface area (Å²) >= 11 is 1.49. The number of hydrogen-bond acceptors (Lipinski definition) is 3. The van der Waals surface area contributed by atoms with Crippen LogP contribution in [-0.2, 0) is 9.59 Å². The number of rotatable bonds is 7. The third-order valence-corrected chi connectivity index (χ3v) is 5.16. The molecule has 2 amide bonds. The minimum Gasteiger partial charge on any atom is -0.336 e. The molecule has 6 heteroatoms. The minimum absolute atomic E-state index is 0.00675. The van der Waals surface area contributed by atoms with Crippen molar-refractivity contribution in [1.82, 2.24) is 4.90 Å². The number of nitrogens with zero attached hydrogens (tertiary/aromatic N) is 1. The molecule has 0 atom stereocenters. The smallest absolute Gasteiger partial charge is 0.243 e. The Morgan fingerprint density at radius 1 is 1.07 bits per heavy atom. The Balaban J connectivity index is 1.81. The molecule has 2 aromatic carbocycles. The van der Waals surface area contributed by atoms with Crippen LogP contribution in [0.15, 0.2) is 41.3 Å². The number of hydrogen-bond donors (Lipinski definition) is 1. The quantitative estimate of drug-likeness (QED) is 0.718. The molecule has 0 saturated heterocycles. The van der Waals surface area contributed by atoms with Crippen LogP contribution in [0.1, 0.15) is 23.1 Å². The van der Waals surface area contributed by atoms with Crippen LogP contribution in [0.4, 0.5) is 10.1 Å². The van der Waals surface area contributed by atoms with E-state index in [9.17, 15) is 14.0 Å². The molecular formula is C21H25FN2O2S. The van der Waals surface area contributed by atoms with Crippen LogP contribution in [-0.4, -0.2) is 36.1 Å². The van der Waals surface area contributed by atoms with Crippen molar-refractivity contribution in [1.29, 1.82) is 0 Å². The standard InChI is InChI=1S/C21H25FN2O2S/c1-14-11-15(2)21(16(3)12-14)23-19(25)13-24(4)20(26)9-10-27-18-7-5-17(22)6-8-18/h5-8,11-12H,9-10,13H2,1-4H3,(H,23,25). The molecule has 0 saturated carbocycles. The molecule has 0 bridgehead atoms. The van der Waals surface area contributed by atoms with Gasteiger partial charge in [-0.25, -0.2) is 4.39 Å². The van der Waals surface area contributed by atoms with Crippen LogP contribution in [0.25, 0.3) is 0 Å². The first-order valence-corrected chi connectivity index (χ1v) is 9.75. The lowest BCUT2D eigenvalue weighted by Gasteiger charge is -2.18. The first-order valence-electron chi connectivity index (χ1n) is 8.76. The van der Waals surface area contributed by atoms with Crippen molar-refractivity contribution < 1.29 is 14.0 Å². The lowest BCUT2D eigenvalue weighted by Crippen LogP contribution is -2.35. The molecule has 0 aromatic heterocycles. The zero-order valence-electron chi connectivity index (χ0n) is 16.1. The molecule has 2 aromatic rings. The SMILES string of the molecule is Cc1cc(C)c(NC(=O)CN(C)C(=O)CCSc2ccc(F)cc2)c(C)c1. The van der Waals surface area contributed by atoms with E-state index in [0.29, 0.717) is 12.2 Å². The second kappa shape index (κ2) is 9.55. The Kier molecular flexibility index (Phi) is 7.42. The first kappa shape index (κ1) is 21.0. The van der Waals surface area contributed by atoms with Gasteiger partial charge in [-0.1, -0.05) is 17.7 Å². The van der Waals surface area contributed by atoms with Crippen molar-refractivity contribution in [3.05, 3.63) is 58.9 Å². The zero-order chi connectivity index (χ0) is 20.0. The van der Waals surface area contributed by atoms with E-state index >= 15 is 0 Å². The predicted molar refractivity (Wildman–Crippen MR) is 109 cm³/mol. The topological polar surface area (TPSA) is 49.4 Å². The Morgan fingerprint density at radius 2 is 1.67 bits per heavy atom. The molecule has 0 aliphatic carbocycles. The van der Waals surface area contributed by atoms with Gasteiger partial charge in [-0.2, -0.15) is 0 Å². The number of halogens is 1. The number of likely N-dealkylation sites (N-methyl/N-ethyl adjacent to an activating group) is 1. The highest BCUT2D eigenvalue weighted by Crippen LogP contribution is 2.22. The normalized spacial score (nSPS) is 10.6. The molecular weight excluding hydrogens is 363 g/mol. The van der Waals surface area contributed by atoms with E-state index in [-0.39, 0.29) is 24.2 Å². The lowest BCUT2D eigenvalue weighted by molar-refractivity contribution is -0.132. The summed E-state index contributed by atoms with van der Waals surface area (Å²) in [5.41, 5.74) is 3.96. The number of benzene rings is 2. The highest BCUT2D eigenvalue weighted by Gasteiger charge is 2.14. The molecule has 4 nitrogen and oxygen atoms in total. The fourth-order valence-electron chi connectivity index (χ4n) is 2.84. The Hall–Kier alpha value is -2.34. The van der Waals surface area contributed by atoms with Crippen molar-refractivity contribution in [3.63, 3.8) is 0 Å². The highest BCUT2D eigenvalue weighted by molar-refractivity contribution is 7.99. The number of thioether (sulfide) groups is 1. The van der Waals surface area contributed by atoms with Gasteiger partial charge in [-0.3, -0.25) is 9.59 Å². The van der Waals surface area contributed by atoms with Crippen molar-refractivity contribution in [2.75, 3.05) is 24.7 Å². The molecule has 27 heavy (non-hydrogen) atoms. The summed E-state index contributed by atoms with van der Waals surface area (Å²) in [6, 6.07) is 10.2. The van der Waals surface area contributed by atoms with E-state index < -0.39 is 0 Å². The molecule has 1 N–H and O–H groups in total. The van der Waals surface area contributed by atoms with Gasteiger partial charge < -0.3 is 10.2 Å². The molecule has 0 heterocycles. The Bertz CT molecular complexity index is 798. The van der Waals surface area contributed by atoms with Crippen molar-refractivity contribution in [3.8, 4) is 0 Å². The van der Waals surface area contributed by atoms with Crippen LogP contribution in [0.2, 0.25) is 0 Å². The van der Waals surface area contributed by atoms with Gasteiger partial charge in [-0.15, -0.1) is 11.8 Å². The van der Waals surface area contributed by atoms with Crippen molar-refractivity contribution in [2.24, 2.45) is 0 Å². The summed E-state index contributed by atoms with van der Waals surface area (Å²) in [5.74, 6) is -0.0171. The summed E-state index contributed by atoms with van der Waals surface area (Å²) in [4.78, 5) is 26.9. The summed E-state index contributed by atoms with van der Waals surface area (Å²) in [5, 5.41) is 2.91. The number of nitrogens with one attached hydrogen (secondary N) is 1. The largest absolute Gasteiger partial charge is 0.336 e. The van der Waals surface area contributed by atoms with Crippen LogP contribution in [0.3, 0.4) is 0 Å². The van der Waals surface area contributed by atoms with Crippen molar-refractivity contribution in [2.45, 2.75) is 32.1 Å². The predicted octanol–water partition coefficient (Wildman–Crippen LogP) is 4.33. The van der Waals surface area contributed by atoms with E-state index in [1.54, 1.807) is 19.2 Å². The first-order chi connectivity index (χ1) is 12.8. The lowest BCUT2D eigenvalue weighted by atomic mass is 10.1. The van der Waals surface area contributed by atoms with Gasteiger partial charge in [-0.05, 0) is 56.2 Å². The van der Waals surface area contributed by atoms with E-state index in [2.05, 4.69) is 5.32 Å². The fraction of sp³-hybridized carbons (Fsp3) is 0.333. The molecule has 144 valence electrons. The third kappa shape index (κ3) is 6.40. The number of anilines is 1. The molecule has 0 fully saturated rings. The number of carbonyl (C=O) groups excluding carboxylic acids is 2. The summed E-state index contributed by atoms with van der Waals surface area (Å²) in [6.07, 6.45) is 0.314. The summed E-state index contributed by atoms with van der Waals surface area (Å²) < 4.78 is 12.9. The second-order valence-corrected chi connectivity index (χ2v) is 7.79. The second-order valence-electron chi connectivity index (χ2n) is 6.62. The van der Waals surface area contributed by atoms with E-state index in [1.807, 2.05) is 32.9 Å². The Morgan fingerprint density at radius 3 is 2.26 bits per heavy atom. The van der Waals surface area contributed by atoms with E-state index in [4.69, 9.17) is 0 Å². The van der Waals surface area contributed by atoms with Crippen LogP contribution in [0, 0.1) is 26.6 Å². The maximum absolute atomic E-state index is 12.9. The van der Waals surface area contributed by atoms with Gasteiger partial charge in [0.1, 0.15) is 5.82 Å². The minimum atomic E-state index is -0.278. The number of amides is 2. The summed E-state index contributed by atoms with van der Waals surface area (Å²) in [7, 11) is 1.62. The zero-order valence-corrected chi connectivity index (χ0v) is 17.0. The molecule has 2 rings (SSSR count). The van der Waals surface area contributed by atoms with Crippen LogP contribution < -0.4 is 5.32 Å². The third-order valence-electron chi connectivity index (χ3n) is 4.15. The van der Waals surface area contributed by atoms with Gasteiger partial charge in [0.2, 0.25) is 11.8 Å². The van der Waals surface area contributed by atoms with Gasteiger partial charge in [0, 0.05) is 29.8 Å².